The van der Waals surface area contributed by atoms with Gasteiger partial charge in [-0.15, -0.1) is 0 Å². The lowest BCUT2D eigenvalue weighted by Crippen LogP contribution is -2.39. The van der Waals surface area contributed by atoms with Crippen LogP contribution in [0.4, 0.5) is 0 Å². The molecule has 3 unspecified atom stereocenters. The van der Waals surface area contributed by atoms with Crippen LogP contribution in [0.3, 0.4) is 0 Å². The number of likely N-dealkylation sites (N-methyl/N-ethyl adjacent to an activating group) is 1. The van der Waals surface area contributed by atoms with E-state index in [2.05, 4.69) is 56.4 Å². The van der Waals surface area contributed by atoms with Crippen LogP contribution in [0.1, 0.15) is 70.8 Å². The molecule has 0 bridgehead atoms. The molecule has 3 atom stereocenters. The van der Waals surface area contributed by atoms with E-state index in [1.165, 1.54) is 44.1 Å². The van der Waals surface area contributed by atoms with Gasteiger partial charge in [-0.3, -0.25) is 0 Å². The third kappa shape index (κ3) is 4.57. The van der Waals surface area contributed by atoms with E-state index in [0.29, 0.717) is 12.0 Å². The van der Waals surface area contributed by atoms with Gasteiger partial charge in [0.05, 0.1) is 0 Å². The Morgan fingerprint density at radius 2 is 1.76 bits per heavy atom. The monoisotopic (exact) mass is 287 g/mol. The maximum Gasteiger partial charge on any atom is 0.0141 e. The predicted molar refractivity (Wildman–Crippen MR) is 92.7 cm³/mol. The molecule has 0 aliphatic heterocycles. The molecule has 0 radical (unpaired) electrons. The molecule has 0 aromatic heterocycles. The third-order valence-electron chi connectivity index (χ3n) is 5.40. The van der Waals surface area contributed by atoms with Gasteiger partial charge in [0.2, 0.25) is 0 Å². The second-order valence-electron chi connectivity index (χ2n) is 6.87. The Morgan fingerprint density at radius 1 is 1.10 bits per heavy atom. The normalized spacial score (nSPS) is 20.3. The summed E-state index contributed by atoms with van der Waals surface area (Å²) in [5.41, 5.74) is 1.52. The van der Waals surface area contributed by atoms with Crippen molar-refractivity contribution in [2.24, 2.45) is 11.8 Å². The Balaban J connectivity index is 2.17. The first-order valence-electron chi connectivity index (χ1n) is 9.04. The molecule has 2 rings (SSSR count). The first-order chi connectivity index (χ1) is 10.3. The van der Waals surface area contributed by atoms with E-state index in [1.807, 2.05) is 0 Å². The standard InChI is InChI=1S/C20H33N/c1-4-16(3)20(18-13-7-6-8-14-18)19(21-5-2)15-17-11-9-10-12-17/h6-8,13-14,16-17,19-21H,4-5,9-12,15H2,1-3H3. The molecule has 1 heteroatoms. The number of nitrogens with one attached hydrogen (secondary N) is 1. The van der Waals surface area contributed by atoms with E-state index in [1.54, 1.807) is 0 Å². The smallest absolute Gasteiger partial charge is 0.0141 e. The lowest BCUT2D eigenvalue weighted by atomic mass is 9.77. The molecule has 1 N–H and O–H groups in total. The van der Waals surface area contributed by atoms with Crippen molar-refractivity contribution in [1.29, 1.82) is 0 Å². The van der Waals surface area contributed by atoms with Crippen LogP contribution in [0.2, 0.25) is 0 Å². The van der Waals surface area contributed by atoms with E-state index in [9.17, 15) is 0 Å². The average Bonchev–Trinajstić information content (AvgIpc) is 3.01. The summed E-state index contributed by atoms with van der Waals surface area (Å²) >= 11 is 0. The van der Waals surface area contributed by atoms with Crippen molar-refractivity contribution in [2.45, 2.75) is 71.3 Å². The van der Waals surface area contributed by atoms with Gasteiger partial charge in [0.15, 0.2) is 0 Å². The zero-order valence-corrected chi connectivity index (χ0v) is 14.1. The van der Waals surface area contributed by atoms with Crippen LogP contribution < -0.4 is 5.32 Å². The topological polar surface area (TPSA) is 12.0 Å². The number of hydrogen-bond acceptors (Lipinski definition) is 1. The summed E-state index contributed by atoms with van der Waals surface area (Å²) in [6.45, 7) is 8.09. The molecule has 0 saturated heterocycles. The van der Waals surface area contributed by atoms with Crippen molar-refractivity contribution in [2.75, 3.05) is 6.54 Å². The van der Waals surface area contributed by atoms with Gasteiger partial charge in [-0.2, -0.15) is 0 Å². The molecule has 118 valence electrons. The van der Waals surface area contributed by atoms with Crippen LogP contribution >= 0.6 is 0 Å². The molecule has 1 aromatic carbocycles. The van der Waals surface area contributed by atoms with Crippen molar-refractivity contribution >= 4 is 0 Å². The molecule has 0 heterocycles. The van der Waals surface area contributed by atoms with Crippen molar-refractivity contribution in [3.63, 3.8) is 0 Å². The maximum atomic E-state index is 3.82. The maximum absolute atomic E-state index is 3.82. The highest BCUT2D eigenvalue weighted by molar-refractivity contribution is 5.22. The number of benzene rings is 1. The summed E-state index contributed by atoms with van der Waals surface area (Å²) in [7, 11) is 0. The highest BCUT2D eigenvalue weighted by Crippen LogP contribution is 2.36. The summed E-state index contributed by atoms with van der Waals surface area (Å²) in [6, 6.07) is 11.8. The van der Waals surface area contributed by atoms with E-state index >= 15 is 0 Å². The Hall–Kier alpha value is -0.820. The van der Waals surface area contributed by atoms with Crippen LogP contribution in [-0.2, 0) is 0 Å². The van der Waals surface area contributed by atoms with Crippen molar-refractivity contribution in [1.82, 2.24) is 5.32 Å². The first kappa shape index (κ1) is 16.5. The summed E-state index contributed by atoms with van der Waals surface area (Å²) < 4.78 is 0. The highest BCUT2D eigenvalue weighted by atomic mass is 14.9. The molecule has 1 aliphatic rings. The summed E-state index contributed by atoms with van der Waals surface area (Å²) in [5, 5.41) is 3.82. The van der Waals surface area contributed by atoms with Gasteiger partial charge < -0.3 is 5.32 Å². The Bertz CT molecular complexity index is 380. The van der Waals surface area contributed by atoms with Gasteiger partial charge in [0.1, 0.15) is 0 Å². The third-order valence-corrected chi connectivity index (χ3v) is 5.40. The fraction of sp³-hybridized carbons (Fsp3) is 0.700. The molecular weight excluding hydrogens is 254 g/mol. The minimum Gasteiger partial charge on any atom is -0.314 e. The molecule has 1 nitrogen and oxygen atoms in total. The highest BCUT2D eigenvalue weighted by Gasteiger charge is 2.30. The van der Waals surface area contributed by atoms with E-state index in [0.717, 1.165) is 18.4 Å². The average molecular weight is 287 g/mol. The lowest BCUT2D eigenvalue weighted by molar-refractivity contribution is 0.288. The Morgan fingerprint density at radius 3 is 2.33 bits per heavy atom. The fourth-order valence-corrected chi connectivity index (χ4v) is 4.11. The van der Waals surface area contributed by atoms with Gasteiger partial charge in [-0.1, -0.05) is 83.2 Å². The lowest BCUT2D eigenvalue weighted by Gasteiger charge is -2.34. The molecule has 1 saturated carbocycles. The SMILES string of the molecule is CCNC(CC1CCCC1)C(c1ccccc1)C(C)CC. The largest absolute Gasteiger partial charge is 0.314 e. The van der Waals surface area contributed by atoms with Crippen LogP contribution in [-0.4, -0.2) is 12.6 Å². The van der Waals surface area contributed by atoms with E-state index in [4.69, 9.17) is 0 Å². The fourth-order valence-electron chi connectivity index (χ4n) is 4.11. The van der Waals surface area contributed by atoms with Gasteiger partial charge in [0, 0.05) is 12.0 Å². The minimum absolute atomic E-state index is 0.635. The van der Waals surface area contributed by atoms with Gasteiger partial charge in [-0.05, 0) is 30.4 Å². The van der Waals surface area contributed by atoms with Crippen molar-refractivity contribution in [3.8, 4) is 0 Å². The second-order valence-corrected chi connectivity index (χ2v) is 6.87. The van der Waals surface area contributed by atoms with E-state index < -0.39 is 0 Å². The zero-order chi connectivity index (χ0) is 15.1. The Kier molecular flexibility index (Phi) is 6.76. The van der Waals surface area contributed by atoms with Crippen molar-refractivity contribution in [3.05, 3.63) is 35.9 Å². The van der Waals surface area contributed by atoms with Crippen molar-refractivity contribution < 1.29 is 0 Å². The number of rotatable bonds is 8. The predicted octanol–water partition coefficient (Wildman–Crippen LogP) is 5.37. The summed E-state index contributed by atoms with van der Waals surface area (Å²) in [5.74, 6) is 2.33. The molecule has 1 aromatic rings. The summed E-state index contributed by atoms with van der Waals surface area (Å²) in [4.78, 5) is 0. The molecule has 0 spiro atoms. The molecule has 1 aliphatic carbocycles. The summed E-state index contributed by atoms with van der Waals surface area (Å²) in [6.07, 6.45) is 8.41. The Labute approximate surface area is 131 Å². The quantitative estimate of drug-likeness (QED) is 0.677. The zero-order valence-electron chi connectivity index (χ0n) is 14.1. The van der Waals surface area contributed by atoms with Gasteiger partial charge in [0.25, 0.3) is 0 Å². The second kappa shape index (κ2) is 8.58. The van der Waals surface area contributed by atoms with Crippen LogP contribution in [0.25, 0.3) is 0 Å². The molecular formula is C20H33N. The van der Waals surface area contributed by atoms with E-state index in [-0.39, 0.29) is 0 Å². The number of hydrogen-bond donors (Lipinski definition) is 1. The molecule has 0 amide bonds. The van der Waals surface area contributed by atoms with Crippen LogP contribution in [0.15, 0.2) is 30.3 Å². The first-order valence-corrected chi connectivity index (χ1v) is 9.04. The minimum atomic E-state index is 0.635. The van der Waals surface area contributed by atoms with Crippen LogP contribution in [0.5, 0.6) is 0 Å². The van der Waals surface area contributed by atoms with Crippen LogP contribution in [0, 0.1) is 11.8 Å². The molecule has 21 heavy (non-hydrogen) atoms. The molecule has 1 fully saturated rings. The van der Waals surface area contributed by atoms with Gasteiger partial charge in [-0.25, -0.2) is 0 Å². The van der Waals surface area contributed by atoms with Gasteiger partial charge >= 0.3 is 0 Å².